The predicted octanol–water partition coefficient (Wildman–Crippen LogP) is 3.47. The second-order valence-corrected chi connectivity index (χ2v) is 7.81. The summed E-state index contributed by atoms with van der Waals surface area (Å²) in [6, 6.07) is 5.26. The highest BCUT2D eigenvalue weighted by atomic mass is 35.5. The van der Waals surface area contributed by atoms with Crippen LogP contribution >= 0.6 is 11.6 Å². The van der Waals surface area contributed by atoms with E-state index in [-0.39, 0.29) is 17.5 Å². The summed E-state index contributed by atoms with van der Waals surface area (Å²) < 4.78 is 1.74. The Morgan fingerprint density at radius 3 is 2.57 bits per heavy atom. The van der Waals surface area contributed by atoms with Crippen molar-refractivity contribution in [2.24, 2.45) is 0 Å². The van der Waals surface area contributed by atoms with Gasteiger partial charge in [-0.1, -0.05) is 24.9 Å². The van der Waals surface area contributed by atoms with Gasteiger partial charge in [0, 0.05) is 44.2 Å². The van der Waals surface area contributed by atoms with Gasteiger partial charge in [-0.25, -0.2) is 4.98 Å². The first-order chi connectivity index (χ1) is 13.5. The Hall–Kier alpha value is -1.92. The Balaban J connectivity index is 1.80. The zero-order valence-electron chi connectivity index (χ0n) is 16.9. The van der Waals surface area contributed by atoms with Crippen LogP contribution in [0, 0.1) is 0 Å². The smallest absolute Gasteiger partial charge is 0.261 e. The molecule has 6 nitrogen and oxygen atoms in total. The van der Waals surface area contributed by atoms with Crippen LogP contribution in [0.15, 0.2) is 23.0 Å². The van der Waals surface area contributed by atoms with Crippen LogP contribution in [0.4, 0.5) is 0 Å². The van der Waals surface area contributed by atoms with E-state index in [9.17, 15) is 9.59 Å². The first-order valence-corrected chi connectivity index (χ1v) is 10.6. The third-order valence-electron chi connectivity index (χ3n) is 5.59. The third-order valence-corrected chi connectivity index (χ3v) is 5.83. The van der Waals surface area contributed by atoms with Gasteiger partial charge >= 0.3 is 0 Å². The zero-order valence-corrected chi connectivity index (χ0v) is 17.7. The minimum atomic E-state index is -0.0507. The molecule has 28 heavy (non-hydrogen) atoms. The fourth-order valence-corrected chi connectivity index (χ4v) is 4.01. The van der Waals surface area contributed by atoms with E-state index in [1.54, 1.807) is 22.8 Å². The number of rotatable bonds is 6. The molecule has 0 N–H and O–H groups in total. The number of unbranched alkanes of at least 4 members (excludes halogenated alkanes) is 1. The van der Waals surface area contributed by atoms with Crippen LogP contribution < -0.4 is 5.56 Å². The van der Waals surface area contributed by atoms with Gasteiger partial charge in [0.05, 0.1) is 16.9 Å². The number of hydrogen-bond donors (Lipinski definition) is 0. The van der Waals surface area contributed by atoms with Crippen molar-refractivity contribution in [1.82, 2.24) is 19.4 Å². The molecule has 3 rings (SSSR count). The SMILES string of the molecule is CCCCC(=O)N1CCN(C(C)c2nc3ccc(Cl)cc3c(=O)n2CC)CC1. The number of nitrogens with zero attached hydrogens (tertiary/aromatic N) is 4. The molecule has 0 bridgehead atoms. The summed E-state index contributed by atoms with van der Waals surface area (Å²) in [6.45, 7) is 9.74. The topological polar surface area (TPSA) is 58.4 Å². The Labute approximate surface area is 171 Å². The summed E-state index contributed by atoms with van der Waals surface area (Å²) in [6.07, 6.45) is 2.62. The average molecular weight is 405 g/mol. The van der Waals surface area contributed by atoms with Gasteiger partial charge in [0.1, 0.15) is 5.82 Å². The number of fused-ring (bicyclic) bond motifs is 1. The van der Waals surface area contributed by atoms with Crippen molar-refractivity contribution < 1.29 is 4.79 Å². The molecule has 7 heteroatoms. The van der Waals surface area contributed by atoms with Crippen molar-refractivity contribution >= 4 is 28.4 Å². The van der Waals surface area contributed by atoms with Gasteiger partial charge < -0.3 is 4.90 Å². The number of halogens is 1. The maximum atomic E-state index is 13.0. The lowest BCUT2D eigenvalue weighted by Crippen LogP contribution is -2.50. The van der Waals surface area contributed by atoms with Gasteiger partial charge in [0.2, 0.25) is 5.91 Å². The molecule has 2 aromatic rings. The molecule has 1 aromatic heterocycles. The fourth-order valence-electron chi connectivity index (χ4n) is 3.84. The maximum Gasteiger partial charge on any atom is 0.261 e. The lowest BCUT2D eigenvalue weighted by atomic mass is 10.1. The van der Waals surface area contributed by atoms with Gasteiger partial charge in [-0.3, -0.25) is 19.1 Å². The molecule has 0 radical (unpaired) electrons. The second-order valence-electron chi connectivity index (χ2n) is 7.38. The summed E-state index contributed by atoms with van der Waals surface area (Å²) in [5.41, 5.74) is 0.625. The van der Waals surface area contributed by atoms with E-state index in [0.717, 1.165) is 44.8 Å². The largest absolute Gasteiger partial charge is 0.340 e. The van der Waals surface area contributed by atoms with Crippen molar-refractivity contribution in [3.8, 4) is 0 Å². The third kappa shape index (κ3) is 4.23. The van der Waals surface area contributed by atoms with E-state index >= 15 is 0 Å². The second kappa shape index (κ2) is 9.05. The number of amides is 1. The van der Waals surface area contributed by atoms with Crippen molar-refractivity contribution in [1.29, 1.82) is 0 Å². The van der Waals surface area contributed by atoms with Crippen LogP contribution in [0.2, 0.25) is 5.02 Å². The van der Waals surface area contributed by atoms with Crippen LogP contribution in [0.5, 0.6) is 0 Å². The predicted molar refractivity (Wildman–Crippen MR) is 113 cm³/mol. The van der Waals surface area contributed by atoms with Crippen molar-refractivity contribution in [2.45, 2.75) is 52.6 Å². The van der Waals surface area contributed by atoms with Crippen LogP contribution in [0.1, 0.15) is 51.9 Å². The first-order valence-electron chi connectivity index (χ1n) is 10.2. The highest BCUT2D eigenvalue weighted by molar-refractivity contribution is 6.31. The number of aromatic nitrogens is 2. The fraction of sp³-hybridized carbons (Fsp3) is 0.571. The lowest BCUT2D eigenvalue weighted by molar-refractivity contribution is -0.133. The summed E-state index contributed by atoms with van der Waals surface area (Å²) in [7, 11) is 0. The molecule has 1 saturated heterocycles. The first kappa shape index (κ1) is 20.8. The number of piperazine rings is 1. The van der Waals surface area contributed by atoms with Crippen molar-refractivity contribution in [2.75, 3.05) is 26.2 Å². The molecule has 0 aliphatic carbocycles. The highest BCUT2D eigenvalue weighted by Gasteiger charge is 2.27. The van der Waals surface area contributed by atoms with E-state index in [1.165, 1.54) is 0 Å². The monoisotopic (exact) mass is 404 g/mol. The van der Waals surface area contributed by atoms with E-state index in [4.69, 9.17) is 16.6 Å². The number of hydrogen-bond acceptors (Lipinski definition) is 4. The van der Waals surface area contributed by atoms with Crippen molar-refractivity contribution in [3.63, 3.8) is 0 Å². The number of benzene rings is 1. The lowest BCUT2D eigenvalue weighted by Gasteiger charge is -2.38. The minimum absolute atomic E-state index is 0.000576. The van der Waals surface area contributed by atoms with Crippen molar-refractivity contribution in [3.05, 3.63) is 39.4 Å². The molecule has 0 saturated carbocycles. The molecule has 2 heterocycles. The molecular weight excluding hydrogens is 376 g/mol. The summed E-state index contributed by atoms with van der Waals surface area (Å²) in [5, 5.41) is 1.09. The maximum absolute atomic E-state index is 13.0. The minimum Gasteiger partial charge on any atom is -0.340 e. The molecule has 1 aliphatic rings. The van der Waals surface area contributed by atoms with E-state index in [1.807, 2.05) is 11.8 Å². The molecule has 1 atom stereocenters. The average Bonchev–Trinajstić information content (AvgIpc) is 2.72. The zero-order chi connectivity index (χ0) is 20.3. The van der Waals surface area contributed by atoms with Crippen LogP contribution in [-0.2, 0) is 11.3 Å². The normalized spacial score (nSPS) is 16.5. The molecule has 1 aliphatic heterocycles. The molecule has 1 unspecified atom stereocenters. The van der Waals surface area contributed by atoms with E-state index < -0.39 is 0 Å². The molecule has 152 valence electrons. The van der Waals surface area contributed by atoms with E-state index in [2.05, 4.69) is 18.7 Å². The molecule has 1 aromatic carbocycles. The Morgan fingerprint density at radius 2 is 1.93 bits per heavy atom. The molecule has 1 amide bonds. The molecular formula is C21H29ClN4O2. The van der Waals surface area contributed by atoms with Gasteiger partial charge in [-0.15, -0.1) is 0 Å². The van der Waals surface area contributed by atoms with E-state index in [0.29, 0.717) is 28.9 Å². The molecule has 0 spiro atoms. The standard InChI is InChI=1S/C21H29ClN4O2/c1-4-6-7-19(27)25-12-10-24(11-13-25)15(3)20-23-18-9-8-16(22)14-17(18)21(28)26(20)5-2/h8-9,14-15H,4-7,10-13H2,1-3H3. The summed E-state index contributed by atoms with van der Waals surface area (Å²) in [4.78, 5) is 34.3. The van der Waals surface area contributed by atoms with Crippen LogP contribution in [0.25, 0.3) is 10.9 Å². The summed E-state index contributed by atoms with van der Waals surface area (Å²) >= 11 is 6.06. The van der Waals surface area contributed by atoms with Crippen LogP contribution in [0.3, 0.4) is 0 Å². The van der Waals surface area contributed by atoms with Gasteiger partial charge in [0.15, 0.2) is 0 Å². The Morgan fingerprint density at radius 1 is 1.21 bits per heavy atom. The van der Waals surface area contributed by atoms with Gasteiger partial charge in [0.25, 0.3) is 5.56 Å². The Kier molecular flexibility index (Phi) is 6.73. The molecule has 1 fully saturated rings. The number of carbonyl (C=O) groups is 1. The summed E-state index contributed by atoms with van der Waals surface area (Å²) in [5.74, 6) is 1.02. The van der Waals surface area contributed by atoms with Crippen LogP contribution in [-0.4, -0.2) is 51.4 Å². The van der Waals surface area contributed by atoms with Gasteiger partial charge in [-0.2, -0.15) is 0 Å². The van der Waals surface area contributed by atoms with Gasteiger partial charge in [-0.05, 0) is 38.5 Å². The number of carbonyl (C=O) groups excluding carboxylic acids is 1. The highest BCUT2D eigenvalue weighted by Crippen LogP contribution is 2.23. The Bertz CT molecular complexity index is 903. The quantitative estimate of drug-likeness (QED) is 0.739.